The van der Waals surface area contributed by atoms with Crippen LogP contribution in [0.1, 0.15) is 27.8 Å². The number of hydrogen-bond donors (Lipinski definition) is 3. The van der Waals surface area contributed by atoms with Gasteiger partial charge in [0, 0.05) is 0 Å². The number of carbonyl (C=O) groups is 1. The lowest BCUT2D eigenvalue weighted by Gasteiger charge is -2.19. The van der Waals surface area contributed by atoms with E-state index < -0.39 is 11.9 Å². The van der Waals surface area contributed by atoms with E-state index in [1.807, 2.05) is 27.7 Å². The van der Waals surface area contributed by atoms with Gasteiger partial charge >= 0.3 is 0 Å². The van der Waals surface area contributed by atoms with Crippen molar-refractivity contribution in [3.63, 3.8) is 0 Å². The maximum Gasteiger partial charge on any atom is 0.234 e. The fourth-order valence-electron chi connectivity index (χ4n) is 2.00. The molecule has 0 spiro atoms. The molecule has 94 valence electrons. The standard InChI is InChI=1S/C13H20N2O2/c1-6-8(3)12(16)9(4)7(2)10(6)5-11(14)13(15)17/h11,16H,5,14H2,1-4H3,(H2,15,17)/t11-/m0/s1. The average Bonchev–Trinajstić information content (AvgIpc) is 2.29. The molecule has 0 fully saturated rings. The number of phenolic OH excluding ortho intramolecular Hbond substituents is 1. The molecular weight excluding hydrogens is 216 g/mol. The van der Waals surface area contributed by atoms with Gasteiger partial charge in [-0.3, -0.25) is 4.79 Å². The van der Waals surface area contributed by atoms with E-state index in [0.29, 0.717) is 12.2 Å². The summed E-state index contributed by atoms with van der Waals surface area (Å²) in [4.78, 5) is 11.0. The zero-order valence-corrected chi connectivity index (χ0v) is 10.8. The van der Waals surface area contributed by atoms with E-state index in [4.69, 9.17) is 11.5 Å². The van der Waals surface area contributed by atoms with Crippen molar-refractivity contribution in [2.75, 3.05) is 0 Å². The number of rotatable bonds is 3. The summed E-state index contributed by atoms with van der Waals surface area (Å²) in [5.41, 5.74) is 15.5. The molecule has 1 rings (SSSR count). The highest BCUT2D eigenvalue weighted by Gasteiger charge is 2.18. The average molecular weight is 236 g/mol. The lowest BCUT2D eigenvalue weighted by Crippen LogP contribution is -2.38. The predicted molar refractivity (Wildman–Crippen MR) is 67.9 cm³/mol. The van der Waals surface area contributed by atoms with Crippen LogP contribution in [0.5, 0.6) is 5.75 Å². The van der Waals surface area contributed by atoms with Crippen LogP contribution in [0.3, 0.4) is 0 Å². The molecule has 1 atom stereocenters. The third-order valence-electron chi connectivity index (χ3n) is 3.53. The summed E-state index contributed by atoms with van der Waals surface area (Å²) in [7, 11) is 0. The van der Waals surface area contributed by atoms with Gasteiger partial charge in [0.25, 0.3) is 0 Å². The SMILES string of the molecule is Cc1c(C)c(C[C@H](N)C(N)=O)c(C)c(C)c1O. The Bertz CT molecular complexity index is 438. The van der Waals surface area contributed by atoms with Gasteiger partial charge in [0.2, 0.25) is 5.91 Å². The van der Waals surface area contributed by atoms with Gasteiger partial charge in [0.15, 0.2) is 0 Å². The number of benzene rings is 1. The molecule has 4 nitrogen and oxygen atoms in total. The number of primary amides is 1. The molecular formula is C13H20N2O2. The first-order valence-electron chi connectivity index (χ1n) is 5.60. The smallest absolute Gasteiger partial charge is 0.234 e. The van der Waals surface area contributed by atoms with Gasteiger partial charge in [0.1, 0.15) is 5.75 Å². The first kappa shape index (κ1) is 13.5. The fraction of sp³-hybridized carbons (Fsp3) is 0.462. The number of hydrogen-bond acceptors (Lipinski definition) is 3. The van der Waals surface area contributed by atoms with E-state index in [0.717, 1.165) is 27.8 Å². The van der Waals surface area contributed by atoms with E-state index in [9.17, 15) is 9.90 Å². The van der Waals surface area contributed by atoms with Gasteiger partial charge in [0.05, 0.1) is 6.04 Å². The molecule has 0 bridgehead atoms. The minimum Gasteiger partial charge on any atom is -0.507 e. The van der Waals surface area contributed by atoms with Crippen LogP contribution in [-0.4, -0.2) is 17.1 Å². The molecule has 0 radical (unpaired) electrons. The van der Waals surface area contributed by atoms with E-state index in [2.05, 4.69) is 0 Å². The molecule has 0 saturated heterocycles. The Morgan fingerprint density at radius 1 is 1.12 bits per heavy atom. The monoisotopic (exact) mass is 236 g/mol. The highest BCUT2D eigenvalue weighted by molar-refractivity contribution is 5.80. The predicted octanol–water partition coefficient (Wildman–Crippen LogP) is 0.981. The van der Waals surface area contributed by atoms with Crippen molar-refractivity contribution in [2.24, 2.45) is 11.5 Å². The maximum absolute atomic E-state index is 11.0. The van der Waals surface area contributed by atoms with Crippen molar-refractivity contribution in [1.29, 1.82) is 0 Å². The second kappa shape index (κ2) is 4.75. The summed E-state index contributed by atoms with van der Waals surface area (Å²) in [6, 6.07) is -0.684. The van der Waals surface area contributed by atoms with E-state index in [1.54, 1.807) is 0 Å². The zero-order chi connectivity index (χ0) is 13.3. The molecule has 0 aromatic heterocycles. The topological polar surface area (TPSA) is 89.3 Å². The van der Waals surface area contributed by atoms with Gasteiger partial charge in [-0.25, -0.2) is 0 Å². The number of amides is 1. The van der Waals surface area contributed by atoms with E-state index in [-0.39, 0.29) is 0 Å². The molecule has 0 unspecified atom stereocenters. The molecule has 0 saturated carbocycles. The first-order valence-corrected chi connectivity index (χ1v) is 5.60. The molecule has 0 aliphatic heterocycles. The van der Waals surface area contributed by atoms with E-state index >= 15 is 0 Å². The Kier molecular flexibility index (Phi) is 3.78. The first-order chi connectivity index (χ1) is 7.77. The number of nitrogens with two attached hydrogens (primary N) is 2. The third kappa shape index (κ3) is 2.42. The normalized spacial score (nSPS) is 12.5. The van der Waals surface area contributed by atoms with Crippen LogP contribution >= 0.6 is 0 Å². The number of carbonyl (C=O) groups excluding carboxylic acids is 1. The summed E-state index contributed by atoms with van der Waals surface area (Å²) in [5.74, 6) is -0.191. The number of phenols is 1. The molecule has 0 aliphatic rings. The van der Waals surface area contributed by atoms with Crippen LogP contribution < -0.4 is 11.5 Å². The van der Waals surface area contributed by atoms with Gasteiger partial charge in [-0.05, 0) is 61.9 Å². The Labute approximate surface area is 102 Å². The Morgan fingerprint density at radius 3 is 1.88 bits per heavy atom. The van der Waals surface area contributed by atoms with Crippen molar-refractivity contribution in [1.82, 2.24) is 0 Å². The van der Waals surface area contributed by atoms with Gasteiger partial charge < -0.3 is 16.6 Å². The summed E-state index contributed by atoms with van der Waals surface area (Å²) in [6.45, 7) is 7.56. The van der Waals surface area contributed by atoms with E-state index in [1.165, 1.54) is 0 Å². The second-order valence-electron chi connectivity index (χ2n) is 4.54. The lowest BCUT2D eigenvalue weighted by atomic mass is 9.89. The zero-order valence-electron chi connectivity index (χ0n) is 10.8. The fourth-order valence-corrected chi connectivity index (χ4v) is 2.00. The minimum atomic E-state index is -0.684. The Morgan fingerprint density at radius 2 is 1.53 bits per heavy atom. The third-order valence-corrected chi connectivity index (χ3v) is 3.53. The van der Waals surface area contributed by atoms with Crippen LogP contribution in [0.2, 0.25) is 0 Å². The van der Waals surface area contributed by atoms with Crippen LogP contribution in [0, 0.1) is 27.7 Å². The summed E-state index contributed by atoms with van der Waals surface area (Å²) in [5, 5.41) is 9.91. The van der Waals surface area contributed by atoms with Gasteiger partial charge in [-0.1, -0.05) is 0 Å². The largest absolute Gasteiger partial charge is 0.507 e. The molecule has 1 amide bonds. The molecule has 17 heavy (non-hydrogen) atoms. The highest BCUT2D eigenvalue weighted by Crippen LogP contribution is 2.31. The second-order valence-corrected chi connectivity index (χ2v) is 4.54. The molecule has 0 aliphatic carbocycles. The van der Waals surface area contributed by atoms with Crippen molar-refractivity contribution in [2.45, 2.75) is 40.2 Å². The van der Waals surface area contributed by atoms with Gasteiger partial charge in [-0.2, -0.15) is 0 Å². The molecule has 1 aromatic carbocycles. The van der Waals surface area contributed by atoms with Gasteiger partial charge in [-0.15, -0.1) is 0 Å². The van der Waals surface area contributed by atoms with Crippen LogP contribution in [0.15, 0.2) is 0 Å². The summed E-state index contributed by atoms with van der Waals surface area (Å²) < 4.78 is 0. The Hall–Kier alpha value is -1.55. The molecule has 0 heterocycles. The molecule has 4 heteroatoms. The summed E-state index contributed by atoms with van der Waals surface area (Å²) >= 11 is 0. The van der Waals surface area contributed by atoms with Crippen molar-refractivity contribution in [3.05, 3.63) is 27.8 Å². The quantitative estimate of drug-likeness (QED) is 0.730. The summed E-state index contributed by atoms with van der Waals surface area (Å²) in [6.07, 6.45) is 0.412. The van der Waals surface area contributed by atoms with Crippen molar-refractivity contribution in [3.8, 4) is 5.75 Å². The molecule has 5 N–H and O–H groups in total. The highest BCUT2D eigenvalue weighted by atomic mass is 16.3. The Balaban J connectivity index is 3.30. The number of aromatic hydroxyl groups is 1. The van der Waals surface area contributed by atoms with Crippen LogP contribution in [0.25, 0.3) is 0 Å². The lowest BCUT2D eigenvalue weighted by molar-refractivity contribution is -0.119. The van der Waals surface area contributed by atoms with Crippen molar-refractivity contribution < 1.29 is 9.90 Å². The van der Waals surface area contributed by atoms with Crippen LogP contribution in [-0.2, 0) is 11.2 Å². The minimum absolute atomic E-state index is 0.316. The van der Waals surface area contributed by atoms with Crippen molar-refractivity contribution >= 4 is 5.91 Å². The maximum atomic E-state index is 11.0. The molecule has 1 aromatic rings. The van der Waals surface area contributed by atoms with Crippen LogP contribution in [0.4, 0.5) is 0 Å².